The molecule has 3 rings (SSSR count). The first-order chi connectivity index (χ1) is 13.8. The fraction of sp³-hybridized carbons (Fsp3) is 0.350. The lowest BCUT2D eigenvalue weighted by Gasteiger charge is -2.23. The van der Waals surface area contributed by atoms with Crippen LogP contribution in [-0.4, -0.2) is 59.9 Å². The van der Waals surface area contributed by atoms with Crippen LogP contribution >= 0.6 is 0 Å². The number of pyridine rings is 1. The zero-order valence-electron chi connectivity index (χ0n) is 15.8. The molecule has 0 spiro atoms. The van der Waals surface area contributed by atoms with E-state index in [-0.39, 0.29) is 25.5 Å². The zero-order chi connectivity index (χ0) is 21.0. The van der Waals surface area contributed by atoms with Crippen molar-refractivity contribution in [1.82, 2.24) is 14.8 Å². The molecule has 29 heavy (non-hydrogen) atoms. The average Bonchev–Trinajstić information content (AvgIpc) is 2.98. The Morgan fingerprint density at radius 1 is 0.966 bits per heavy atom. The number of benzene rings is 1. The Labute approximate surface area is 165 Å². The maximum atomic E-state index is 13.2. The van der Waals surface area contributed by atoms with Gasteiger partial charge in [0, 0.05) is 38.6 Å². The lowest BCUT2D eigenvalue weighted by Crippen LogP contribution is -2.38. The van der Waals surface area contributed by atoms with Crippen LogP contribution < -0.4 is 4.74 Å². The fourth-order valence-electron chi connectivity index (χ4n) is 3.30. The third-order valence-electron chi connectivity index (χ3n) is 4.76. The maximum absolute atomic E-state index is 13.2. The number of halogens is 3. The smallest absolute Gasteiger partial charge is 0.417 e. The molecule has 1 fully saturated rings. The highest BCUT2D eigenvalue weighted by Crippen LogP contribution is 2.32. The predicted octanol–water partition coefficient (Wildman–Crippen LogP) is 3.10. The number of hydrogen-bond acceptors (Lipinski definition) is 4. The molecule has 0 N–H and O–H groups in total. The topological polar surface area (TPSA) is 62.7 Å². The molecule has 2 aromatic rings. The van der Waals surface area contributed by atoms with Gasteiger partial charge >= 0.3 is 6.18 Å². The second-order valence-electron chi connectivity index (χ2n) is 6.56. The second kappa shape index (κ2) is 8.50. The molecule has 9 heteroatoms. The summed E-state index contributed by atoms with van der Waals surface area (Å²) in [5, 5.41) is 0. The van der Waals surface area contributed by atoms with Gasteiger partial charge in [0.25, 0.3) is 11.8 Å². The molecule has 1 aromatic carbocycles. The van der Waals surface area contributed by atoms with Crippen molar-refractivity contribution in [2.45, 2.75) is 12.6 Å². The van der Waals surface area contributed by atoms with E-state index in [4.69, 9.17) is 4.74 Å². The number of carbonyl (C=O) groups excluding carboxylic acids is 2. The van der Waals surface area contributed by atoms with Gasteiger partial charge < -0.3 is 14.5 Å². The molecule has 0 atom stereocenters. The van der Waals surface area contributed by atoms with Gasteiger partial charge in [-0.1, -0.05) is 12.1 Å². The standard InChI is InChI=1S/C20H20F3N3O3/c1-29-17-6-3-2-5-14(17)18(27)25-9-4-10-26(12-11-25)19(28)15-13-24-8-7-16(15)20(21,22)23/h2-3,5-8,13H,4,9-12H2,1H3. The Hall–Kier alpha value is -3.10. The number of rotatable bonds is 3. The number of alkyl halides is 3. The molecule has 2 heterocycles. The summed E-state index contributed by atoms with van der Waals surface area (Å²) in [5.41, 5.74) is -1.09. The summed E-state index contributed by atoms with van der Waals surface area (Å²) in [6.07, 6.45) is -2.25. The zero-order valence-corrected chi connectivity index (χ0v) is 15.8. The molecular formula is C20H20F3N3O3. The molecule has 1 aliphatic rings. The molecule has 1 aliphatic heterocycles. The van der Waals surface area contributed by atoms with Crippen molar-refractivity contribution in [3.63, 3.8) is 0 Å². The molecule has 1 saturated heterocycles. The minimum absolute atomic E-state index is 0.131. The molecular weight excluding hydrogens is 387 g/mol. The van der Waals surface area contributed by atoms with Crippen molar-refractivity contribution in [3.05, 3.63) is 59.4 Å². The van der Waals surface area contributed by atoms with E-state index < -0.39 is 23.2 Å². The highest BCUT2D eigenvalue weighted by Gasteiger charge is 2.36. The molecule has 0 saturated carbocycles. The van der Waals surface area contributed by atoms with Crippen molar-refractivity contribution >= 4 is 11.8 Å². The van der Waals surface area contributed by atoms with Crippen LogP contribution in [-0.2, 0) is 6.18 Å². The monoisotopic (exact) mass is 407 g/mol. The summed E-state index contributed by atoms with van der Waals surface area (Å²) in [4.78, 5) is 32.2. The van der Waals surface area contributed by atoms with E-state index in [0.717, 1.165) is 18.5 Å². The van der Waals surface area contributed by atoms with Crippen LogP contribution in [0.25, 0.3) is 0 Å². The minimum atomic E-state index is -4.65. The molecule has 0 bridgehead atoms. The van der Waals surface area contributed by atoms with Crippen molar-refractivity contribution in [1.29, 1.82) is 0 Å². The van der Waals surface area contributed by atoms with Gasteiger partial charge in [0.15, 0.2) is 0 Å². The summed E-state index contributed by atoms with van der Waals surface area (Å²) >= 11 is 0. The predicted molar refractivity (Wildman–Crippen MR) is 98.7 cm³/mol. The van der Waals surface area contributed by atoms with E-state index in [2.05, 4.69) is 4.98 Å². The quantitative estimate of drug-likeness (QED) is 0.785. The lowest BCUT2D eigenvalue weighted by molar-refractivity contribution is -0.138. The number of para-hydroxylation sites is 1. The molecule has 0 radical (unpaired) electrons. The maximum Gasteiger partial charge on any atom is 0.417 e. The van der Waals surface area contributed by atoms with Crippen LogP contribution in [0, 0.1) is 0 Å². The third-order valence-corrected chi connectivity index (χ3v) is 4.76. The van der Waals surface area contributed by atoms with Crippen LogP contribution in [0.15, 0.2) is 42.7 Å². The van der Waals surface area contributed by atoms with Crippen LogP contribution in [0.3, 0.4) is 0 Å². The van der Waals surface area contributed by atoms with E-state index in [1.165, 1.54) is 12.0 Å². The fourth-order valence-corrected chi connectivity index (χ4v) is 3.30. The number of hydrogen-bond donors (Lipinski definition) is 0. The van der Waals surface area contributed by atoms with E-state index in [9.17, 15) is 22.8 Å². The molecule has 6 nitrogen and oxygen atoms in total. The van der Waals surface area contributed by atoms with Crippen LogP contribution in [0.2, 0.25) is 0 Å². The van der Waals surface area contributed by atoms with Crippen molar-refractivity contribution in [3.8, 4) is 5.75 Å². The molecule has 154 valence electrons. The molecule has 0 aliphatic carbocycles. The highest BCUT2D eigenvalue weighted by molar-refractivity contribution is 5.97. The minimum Gasteiger partial charge on any atom is -0.496 e. The van der Waals surface area contributed by atoms with Crippen LogP contribution in [0.5, 0.6) is 5.75 Å². The van der Waals surface area contributed by atoms with Gasteiger partial charge in [-0.2, -0.15) is 13.2 Å². The summed E-state index contributed by atoms with van der Waals surface area (Å²) in [5.74, 6) is -0.536. The van der Waals surface area contributed by atoms with Crippen LogP contribution in [0.4, 0.5) is 13.2 Å². The third kappa shape index (κ3) is 4.49. The Morgan fingerprint density at radius 2 is 1.59 bits per heavy atom. The summed E-state index contributed by atoms with van der Waals surface area (Å²) in [6, 6.07) is 7.61. The molecule has 1 aromatic heterocycles. The molecule has 0 unspecified atom stereocenters. The van der Waals surface area contributed by atoms with E-state index in [1.54, 1.807) is 29.2 Å². The van der Waals surface area contributed by atoms with Gasteiger partial charge in [0.2, 0.25) is 0 Å². The van der Waals surface area contributed by atoms with Gasteiger partial charge in [0.1, 0.15) is 5.75 Å². The number of nitrogens with zero attached hydrogens (tertiary/aromatic N) is 3. The van der Waals surface area contributed by atoms with Crippen molar-refractivity contribution < 1.29 is 27.5 Å². The molecule has 2 amide bonds. The Morgan fingerprint density at radius 3 is 2.21 bits per heavy atom. The van der Waals surface area contributed by atoms with Crippen molar-refractivity contribution in [2.75, 3.05) is 33.3 Å². The van der Waals surface area contributed by atoms with Gasteiger partial charge in [0.05, 0.1) is 23.8 Å². The number of ether oxygens (including phenoxy) is 1. The summed E-state index contributed by atoms with van der Waals surface area (Å²) in [6.45, 7) is 0.983. The van der Waals surface area contributed by atoms with Gasteiger partial charge in [-0.25, -0.2) is 0 Å². The van der Waals surface area contributed by atoms with Gasteiger partial charge in [-0.05, 0) is 24.6 Å². The summed E-state index contributed by atoms with van der Waals surface area (Å²) < 4.78 is 44.9. The van der Waals surface area contributed by atoms with E-state index in [1.807, 2.05) is 0 Å². The Kier molecular flexibility index (Phi) is 6.05. The average molecular weight is 407 g/mol. The van der Waals surface area contributed by atoms with E-state index >= 15 is 0 Å². The number of carbonyl (C=O) groups is 2. The number of amides is 2. The first kappa shape index (κ1) is 20.6. The second-order valence-corrected chi connectivity index (χ2v) is 6.56. The van der Waals surface area contributed by atoms with Gasteiger partial charge in [-0.3, -0.25) is 14.6 Å². The first-order valence-electron chi connectivity index (χ1n) is 9.05. The SMILES string of the molecule is COc1ccccc1C(=O)N1CCCN(C(=O)c2cnccc2C(F)(F)F)CC1. The number of methoxy groups -OCH3 is 1. The van der Waals surface area contributed by atoms with Crippen molar-refractivity contribution in [2.24, 2.45) is 0 Å². The summed E-state index contributed by atoms with van der Waals surface area (Å²) in [7, 11) is 1.47. The van der Waals surface area contributed by atoms with E-state index in [0.29, 0.717) is 24.3 Å². The highest BCUT2D eigenvalue weighted by atomic mass is 19.4. The lowest BCUT2D eigenvalue weighted by atomic mass is 10.1. The Bertz CT molecular complexity index is 902. The Balaban J connectivity index is 1.75. The largest absolute Gasteiger partial charge is 0.496 e. The number of aromatic nitrogens is 1. The van der Waals surface area contributed by atoms with Crippen LogP contribution in [0.1, 0.15) is 32.7 Å². The normalized spacial score (nSPS) is 15.0. The van der Waals surface area contributed by atoms with Gasteiger partial charge in [-0.15, -0.1) is 0 Å². The first-order valence-corrected chi connectivity index (χ1v) is 9.05.